The highest BCUT2D eigenvalue weighted by Gasteiger charge is 2.45. The second kappa shape index (κ2) is 34.4. The molecule has 3 aliphatic carbocycles. The average molecular weight is 1430 g/mol. The maximum atomic E-state index is 15.5. The number of carbonyl (C=O) groups excluding carboxylic acids is 6. The van der Waals surface area contributed by atoms with Gasteiger partial charge in [0.25, 0.3) is 0 Å². The van der Waals surface area contributed by atoms with Crippen LogP contribution >= 0.6 is 0 Å². The van der Waals surface area contributed by atoms with Gasteiger partial charge in [-0.25, -0.2) is 9.59 Å². The normalized spacial score (nSPS) is 22.3. The second-order valence-electron chi connectivity index (χ2n) is 30.3. The molecule has 6 aliphatic rings. The first-order chi connectivity index (χ1) is 51.1. The molecule has 21 nitrogen and oxygen atoms in total. The van der Waals surface area contributed by atoms with Crippen molar-refractivity contribution in [2.75, 3.05) is 66.6 Å². The van der Waals surface area contributed by atoms with E-state index in [1.807, 2.05) is 91.0 Å². The van der Waals surface area contributed by atoms with Crippen LogP contribution in [0.15, 0.2) is 146 Å². The lowest BCUT2D eigenvalue weighted by molar-refractivity contribution is -0.145. The SMILES string of the molecule is COc1cc(CNC(=O)[C@@H]2CN(C(=O)Oc3cccc4ccccc34)CCN2C(=O)[C@H](N)CC2CCCC(c3ccc4c(OC(=O)N5CCN(C(=O)[C@@H](CC6CCCCC6)NC6CCC7(CC6)CCN(Cc6ccccc6)C7)[C@H](C(=O)NCc6ccc(CN)c(OC)c6)C5)cccc4c3)C2)ccc1CN. The lowest BCUT2D eigenvalue weighted by Crippen LogP contribution is -2.65. The number of hydrogen-bond acceptors (Lipinski definition) is 15. The summed E-state index contributed by atoms with van der Waals surface area (Å²) in [7, 11) is 3.16. The number of benzene rings is 7. The number of nitrogens with one attached hydrogen (secondary N) is 3. The number of piperazine rings is 2. The molecule has 105 heavy (non-hydrogen) atoms. The highest BCUT2D eigenvalue weighted by molar-refractivity contribution is 5.94. The largest absolute Gasteiger partial charge is 0.496 e. The summed E-state index contributed by atoms with van der Waals surface area (Å²) in [6.07, 6.45) is 14.5. The van der Waals surface area contributed by atoms with Gasteiger partial charge in [0.1, 0.15) is 35.1 Å². The Bertz CT molecular complexity index is 4200. The summed E-state index contributed by atoms with van der Waals surface area (Å²) < 4.78 is 23.5. The fourth-order valence-corrected chi connectivity index (χ4v) is 17.6. The van der Waals surface area contributed by atoms with Crippen molar-refractivity contribution in [1.29, 1.82) is 0 Å². The van der Waals surface area contributed by atoms with Crippen LogP contribution in [0, 0.1) is 17.3 Å². The smallest absolute Gasteiger partial charge is 0.415 e. The quantitative estimate of drug-likeness (QED) is 0.0348. The van der Waals surface area contributed by atoms with E-state index in [1.54, 1.807) is 36.2 Å². The predicted octanol–water partition coefficient (Wildman–Crippen LogP) is 11.0. The van der Waals surface area contributed by atoms with Crippen LogP contribution in [0.3, 0.4) is 0 Å². The molecule has 556 valence electrons. The Morgan fingerprint density at radius 3 is 1.71 bits per heavy atom. The van der Waals surface area contributed by atoms with E-state index in [-0.39, 0.29) is 99.9 Å². The van der Waals surface area contributed by atoms with Gasteiger partial charge < -0.3 is 71.7 Å². The molecule has 7 aromatic carbocycles. The van der Waals surface area contributed by atoms with Crippen LogP contribution in [-0.4, -0.2) is 157 Å². The molecule has 6 atom stereocenters. The van der Waals surface area contributed by atoms with Gasteiger partial charge in [-0.2, -0.15) is 0 Å². The number of hydrogen-bond donors (Lipinski definition) is 6. The van der Waals surface area contributed by atoms with Crippen LogP contribution in [-0.2, 0) is 51.9 Å². The lowest BCUT2D eigenvalue weighted by atomic mass is 9.71. The van der Waals surface area contributed by atoms with E-state index in [9.17, 15) is 24.0 Å². The molecule has 0 bridgehead atoms. The molecule has 1 spiro atoms. The molecule has 9 N–H and O–H groups in total. The minimum Gasteiger partial charge on any atom is -0.496 e. The Labute approximate surface area is 617 Å². The van der Waals surface area contributed by atoms with E-state index in [1.165, 1.54) is 28.2 Å². The van der Waals surface area contributed by atoms with Gasteiger partial charge in [-0.3, -0.25) is 24.1 Å². The summed E-state index contributed by atoms with van der Waals surface area (Å²) >= 11 is 0. The zero-order valence-electron chi connectivity index (χ0n) is 61.0. The first-order valence-corrected chi connectivity index (χ1v) is 38.2. The number of methoxy groups -OCH3 is 2. The summed E-state index contributed by atoms with van der Waals surface area (Å²) in [4.78, 5) is 97.1. The standard InChI is InChI=1S/C84H105N11O10/c1-102-76-45-59(26-28-65(76)48-85)50-88-78(96)72-53-92(82(100)104-74-24-12-20-61-19-9-10-23-68(61)74)38-40-94(72)80(98)70(87)43-58-18-11-21-62(42-58)63-30-31-69-64(47-63)22-13-25-75(69)105-83(101)93-39-41-95(73(54-93)79(97)89-51-60-27-29-66(49-86)77(46-60)103-2)81(99)71(44-56-14-5-3-6-15-56)90-67-32-34-84(35-33-67)36-37-91(55-84)52-57-16-7-4-8-17-57/h4,7-10,12-13,16-17,19-20,22-31,45-47,56,58,62,67,70-73,90H,3,5-6,11,14-15,18,21,32-44,48-55,85-87H2,1-2H3,(H,88,96)(H,89,97)/t58?,62?,67?,70-,71-,72+,73+,84?/m1/s1. The maximum Gasteiger partial charge on any atom is 0.415 e. The molecule has 3 heterocycles. The Balaban J connectivity index is 0.665. The molecule has 13 rings (SSSR count). The Hall–Kier alpha value is -9.12. The molecule has 7 aromatic rings. The highest BCUT2D eigenvalue weighted by atomic mass is 16.6. The number of carbonyl (C=O) groups is 6. The first kappa shape index (κ1) is 74.2. The molecule has 3 saturated carbocycles. The Morgan fingerprint density at radius 1 is 0.524 bits per heavy atom. The van der Waals surface area contributed by atoms with E-state index in [0.717, 1.165) is 146 Å². The third-order valence-electron chi connectivity index (χ3n) is 23.5. The zero-order chi connectivity index (χ0) is 73.0. The minimum absolute atomic E-state index is 0.0570. The molecular formula is C84H105N11O10. The van der Waals surface area contributed by atoms with Gasteiger partial charge in [0.2, 0.25) is 23.6 Å². The summed E-state index contributed by atoms with van der Waals surface area (Å²) in [6, 6.07) is 43.8. The van der Waals surface area contributed by atoms with Crippen molar-refractivity contribution >= 4 is 57.4 Å². The van der Waals surface area contributed by atoms with Crippen molar-refractivity contribution in [1.82, 2.24) is 40.4 Å². The van der Waals surface area contributed by atoms with E-state index in [4.69, 9.17) is 36.1 Å². The third kappa shape index (κ3) is 17.9. The number of fused-ring (bicyclic) bond motifs is 2. The van der Waals surface area contributed by atoms with Gasteiger partial charge in [0.15, 0.2) is 0 Å². The summed E-state index contributed by atoms with van der Waals surface area (Å²) in [5.41, 5.74) is 24.9. The number of nitrogens with two attached hydrogens (primary N) is 3. The van der Waals surface area contributed by atoms with Gasteiger partial charge in [-0.05, 0) is 145 Å². The van der Waals surface area contributed by atoms with Gasteiger partial charge >= 0.3 is 12.2 Å². The number of nitrogens with zero attached hydrogens (tertiary/aromatic N) is 5. The first-order valence-electron chi connectivity index (χ1n) is 38.2. The van der Waals surface area contributed by atoms with Crippen molar-refractivity contribution in [3.63, 3.8) is 0 Å². The van der Waals surface area contributed by atoms with Gasteiger partial charge in [0, 0.05) is 93.4 Å². The van der Waals surface area contributed by atoms with E-state index in [2.05, 4.69) is 63.3 Å². The van der Waals surface area contributed by atoms with Crippen molar-refractivity contribution in [3.05, 3.63) is 179 Å². The van der Waals surface area contributed by atoms with Crippen LogP contribution in [0.5, 0.6) is 23.0 Å². The van der Waals surface area contributed by atoms with Crippen molar-refractivity contribution < 1.29 is 47.7 Å². The number of likely N-dealkylation sites (tertiary alicyclic amines) is 1. The molecule has 0 aromatic heterocycles. The summed E-state index contributed by atoms with van der Waals surface area (Å²) in [5.74, 6) is 1.43. The topological polar surface area (TPSA) is 270 Å². The fraction of sp³-hybridized carbons (Fsp3) is 0.476. The summed E-state index contributed by atoms with van der Waals surface area (Å²) in [5, 5.41) is 13.4. The third-order valence-corrected chi connectivity index (χ3v) is 23.5. The summed E-state index contributed by atoms with van der Waals surface area (Å²) in [6.45, 7) is 4.44. The van der Waals surface area contributed by atoms with Gasteiger partial charge in [0.05, 0.1) is 39.4 Å². The van der Waals surface area contributed by atoms with Gasteiger partial charge in [-0.1, -0.05) is 166 Å². The van der Waals surface area contributed by atoms with Crippen LogP contribution in [0.4, 0.5) is 9.59 Å². The number of amides is 6. The van der Waals surface area contributed by atoms with Crippen LogP contribution < -0.4 is 52.1 Å². The second-order valence-corrected chi connectivity index (χ2v) is 30.3. The molecule has 6 fully saturated rings. The number of rotatable bonds is 23. The Kier molecular flexibility index (Phi) is 24.3. The zero-order valence-corrected chi connectivity index (χ0v) is 61.0. The van der Waals surface area contributed by atoms with Crippen molar-refractivity contribution in [2.24, 2.45) is 34.5 Å². The van der Waals surface area contributed by atoms with E-state index in [0.29, 0.717) is 48.3 Å². The maximum absolute atomic E-state index is 15.5. The molecular weight excluding hydrogens is 1320 g/mol. The molecule has 21 heteroatoms. The molecule has 0 radical (unpaired) electrons. The predicted molar refractivity (Wildman–Crippen MR) is 406 cm³/mol. The van der Waals surface area contributed by atoms with Crippen molar-refractivity contribution in [2.45, 2.75) is 172 Å². The Morgan fingerprint density at radius 2 is 1.10 bits per heavy atom. The minimum atomic E-state index is -1.05. The molecule has 3 aliphatic heterocycles. The monoisotopic (exact) mass is 1430 g/mol. The van der Waals surface area contributed by atoms with E-state index >= 15 is 4.79 Å². The van der Waals surface area contributed by atoms with Crippen LogP contribution in [0.1, 0.15) is 142 Å². The average Bonchev–Trinajstić information content (AvgIpc) is 1.43. The van der Waals surface area contributed by atoms with Crippen LogP contribution in [0.25, 0.3) is 21.5 Å². The fourth-order valence-electron chi connectivity index (χ4n) is 17.6. The number of ether oxygens (including phenoxy) is 4. The van der Waals surface area contributed by atoms with E-state index < -0.39 is 42.3 Å². The molecule has 2 unspecified atom stereocenters. The highest BCUT2D eigenvalue weighted by Crippen LogP contribution is 2.45. The lowest BCUT2D eigenvalue weighted by Gasteiger charge is -2.43. The molecule has 3 saturated heterocycles. The van der Waals surface area contributed by atoms with Crippen molar-refractivity contribution in [3.8, 4) is 23.0 Å². The van der Waals surface area contributed by atoms with Crippen LogP contribution in [0.2, 0.25) is 0 Å². The molecule has 6 amide bonds. The van der Waals surface area contributed by atoms with Gasteiger partial charge in [-0.15, -0.1) is 0 Å².